The Labute approximate surface area is 112 Å². The Kier molecular flexibility index (Phi) is 5.85. The van der Waals surface area contributed by atoms with Gasteiger partial charge >= 0.3 is 0 Å². The van der Waals surface area contributed by atoms with Gasteiger partial charge in [0.25, 0.3) is 0 Å². The number of ether oxygens (including phenoxy) is 1. The number of thioether (sulfide) groups is 1. The highest BCUT2D eigenvalue weighted by Crippen LogP contribution is 2.20. The zero-order valence-corrected chi connectivity index (χ0v) is 12.0. The van der Waals surface area contributed by atoms with Crippen molar-refractivity contribution < 1.29 is 4.74 Å². The summed E-state index contributed by atoms with van der Waals surface area (Å²) >= 11 is 3.86. The lowest BCUT2D eigenvalue weighted by atomic mass is 10.1. The Morgan fingerprint density at radius 3 is 3.18 bits per heavy atom. The molecule has 96 valence electrons. The number of rotatable bonds is 6. The number of hydrogen-bond donors (Lipinski definition) is 1. The van der Waals surface area contributed by atoms with Crippen molar-refractivity contribution >= 4 is 23.1 Å². The molecule has 1 aromatic heterocycles. The third-order valence-corrected chi connectivity index (χ3v) is 4.87. The van der Waals surface area contributed by atoms with E-state index < -0.39 is 0 Å². The van der Waals surface area contributed by atoms with Gasteiger partial charge in [-0.3, -0.25) is 0 Å². The van der Waals surface area contributed by atoms with E-state index in [4.69, 9.17) is 4.74 Å². The molecule has 2 heterocycles. The molecule has 1 aromatic rings. The van der Waals surface area contributed by atoms with Crippen LogP contribution in [0.25, 0.3) is 0 Å². The molecule has 4 heteroatoms. The third kappa shape index (κ3) is 4.28. The van der Waals surface area contributed by atoms with Crippen LogP contribution in [-0.2, 0) is 11.2 Å². The fourth-order valence-electron chi connectivity index (χ4n) is 2.05. The second-order valence-electron chi connectivity index (χ2n) is 4.33. The highest BCUT2D eigenvalue weighted by molar-refractivity contribution is 7.99. The molecule has 2 rings (SSSR count). The summed E-state index contributed by atoms with van der Waals surface area (Å²) in [6.45, 7) is 4.20. The Morgan fingerprint density at radius 2 is 2.53 bits per heavy atom. The number of thiophene rings is 1. The van der Waals surface area contributed by atoms with E-state index in [-0.39, 0.29) is 0 Å². The highest BCUT2D eigenvalue weighted by atomic mass is 32.2. The van der Waals surface area contributed by atoms with Gasteiger partial charge in [0, 0.05) is 22.4 Å². The summed E-state index contributed by atoms with van der Waals surface area (Å²) in [6.07, 6.45) is 2.66. The molecule has 1 saturated heterocycles. The van der Waals surface area contributed by atoms with Crippen LogP contribution in [0.4, 0.5) is 0 Å². The third-order valence-electron chi connectivity index (χ3n) is 2.95. The van der Waals surface area contributed by atoms with E-state index in [9.17, 15) is 0 Å². The van der Waals surface area contributed by atoms with Crippen LogP contribution in [0, 0.1) is 0 Å². The highest BCUT2D eigenvalue weighted by Gasteiger charge is 2.24. The minimum Gasteiger partial charge on any atom is -0.375 e. The van der Waals surface area contributed by atoms with Crippen molar-refractivity contribution in [2.75, 3.05) is 24.7 Å². The van der Waals surface area contributed by atoms with Crippen LogP contribution in [0.5, 0.6) is 0 Å². The first kappa shape index (κ1) is 13.4. The second kappa shape index (κ2) is 7.41. The van der Waals surface area contributed by atoms with Crippen LogP contribution in [0.1, 0.15) is 18.2 Å². The Morgan fingerprint density at radius 1 is 1.59 bits per heavy atom. The van der Waals surface area contributed by atoms with Gasteiger partial charge < -0.3 is 10.1 Å². The van der Waals surface area contributed by atoms with E-state index in [2.05, 4.69) is 29.8 Å². The largest absolute Gasteiger partial charge is 0.375 e. The first-order valence-electron chi connectivity index (χ1n) is 6.35. The predicted octanol–water partition coefficient (Wildman–Crippen LogP) is 2.79. The predicted molar refractivity (Wildman–Crippen MR) is 77.2 cm³/mol. The second-order valence-corrected chi connectivity index (χ2v) is 6.51. The molecule has 17 heavy (non-hydrogen) atoms. The van der Waals surface area contributed by atoms with Crippen molar-refractivity contribution in [2.45, 2.75) is 31.9 Å². The minimum atomic E-state index is 0.377. The Bertz CT molecular complexity index is 296. The molecule has 1 fully saturated rings. The van der Waals surface area contributed by atoms with E-state index in [1.807, 2.05) is 23.1 Å². The van der Waals surface area contributed by atoms with Crippen molar-refractivity contribution in [3.05, 3.63) is 22.4 Å². The zero-order chi connectivity index (χ0) is 11.9. The average molecular weight is 271 g/mol. The molecular weight excluding hydrogens is 250 g/mol. The fourth-order valence-corrected chi connectivity index (χ4v) is 3.76. The first-order chi connectivity index (χ1) is 8.40. The van der Waals surface area contributed by atoms with Crippen molar-refractivity contribution in [1.82, 2.24) is 5.32 Å². The van der Waals surface area contributed by atoms with Crippen LogP contribution in [0.15, 0.2) is 17.5 Å². The molecule has 0 spiro atoms. The SMILES string of the molecule is CCCNC(Cc1cccs1)C1CSCCO1. The van der Waals surface area contributed by atoms with Crippen LogP contribution < -0.4 is 5.32 Å². The maximum Gasteiger partial charge on any atom is 0.0822 e. The maximum absolute atomic E-state index is 5.91. The molecule has 2 nitrogen and oxygen atoms in total. The molecule has 1 aliphatic rings. The van der Waals surface area contributed by atoms with Crippen LogP contribution in [0.2, 0.25) is 0 Å². The molecule has 2 unspecified atom stereocenters. The summed E-state index contributed by atoms with van der Waals surface area (Å²) < 4.78 is 5.91. The molecule has 2 atom stereocenters. The Hall–Kier alpha value is -0.0300. The molecule has 0 bridgehead atoms. The number of hydrogen-bond acceptors (Lipinski definition) is 4. The van der Waals surface area contributed by atoms with Crippen LogP contribution in [0.3, 0.4) is 0 Å². The van der Waals surface area contributed by atoms with E-state index >= 15 is 0 Å². The minimum absolute atomic E-state index is 0.377. The topological polar surface area (TPSA) is 21.3 Å². The molecule has 1 aliphatic heterocycles. The van der Waals surface area contributed by atoms with E-state index in [0.29, 0.717) is 12.1 Å². The van der Waals surface area contributed by atoms with E-state index in [0.717, 1.165) is 31.1 Å². The van der Waals surface area contributed by atoms with Crippen molar-refractivity contribution in [2.24, 2.45) is 0 Å². The maximum atomic E-state index is 5.91. The summed E-state index contributed by atoms with van der Waals surface area (Å²) in [5.74, 6) is 2.28. The van der Waals surface area contributed by atoms with Crippen molar-refractivity contribution in [1.29, 1.82) is 0 Å². The van der Waals surface area contributed by atoms with Crippen molar-refractivity contribution in [3.63, 3.8) is 0 Å². The monoisotopic (exact) mass is 271 g/mol. The smallest absolute Gasteiger partial charge is 0.0822 e. The molecule has 0 saturated carbocycles. The summed E-state index contributed by atoms with van der Waals surface area (Å²) in [7, 11) is 0. The molecule has 0 aliphatic carbocycles. The Balaban J connectivity index is 1.91. The average Bonchev–Trinajstić information content (AvgIpc) is 2.88. The van der Waals surface area contributed by atoms with Gasteiger partial charge in [0.2, 0.25) is 0 Å². The molecular formula is C13H21NOS2. The van der Waals surface area contributed by atoms with E-state index in [1.54, 1.807) is 0 Å². The van der Waals surface area contributed by atoms with Gasteiger partial charge in [0.05, 0.1) is 12.7 Å². The molecule has 0 aromatic carbocycles. The summed E-state index contributed by atoms with van der Waals surface area (Å²) in [6, 6.07) is 4.83. The van der Waals surface area contributed by atoms with E-state index in [1.165, 1.54) is 11.3 Å². The van der Waals surface area contributed by atoms with Crippen LogP contribution >= 0.6 is 23.1 Å². The lowest BCUT2D eigenvalue weighted by Gasteiger charge is -2.30. The van der Waals surface area contributed by atoms with Gasteiger partial charge in [-0.05, 0) is 30.8 Å². The standard InChI is InChI=1S/C13H21NOS2/c1-2-5-14-12(9-11-4-3-7-17-11)13-10-16-8-6-15-13/h3-4,7,12-14H,2,5-6,8-10H2,1H3. The quantitative estimate of drug-likeness (QED) is 0.859. The number of nitrogens with one attached hydrogen (secondary N) is 1. The summed E-state index contributed by atoms with van der Waals surface area (Å²) in [4.78, 5) is 1.46. The van der Waals surface area contributed by atoms with Crippen molar-refractivity contribution in [3.8, 4) is 0 Å². The van der Waals surface area contributed by atoms with Gasteiger partial charge in [-0.25, -0.2) is 0 Å². The lowest BCUT2D eigenvalue weighted by molar-refractivity contribution is 0.0474. The van der Waals surface area contributed by atoms with Gasteiger partial charge in [-0.1, -0.05) is 13.0 Å². The van der Waals surface area contributed by atoms with Crippen LogP contribution in [-0.4, -0.2) is 36.8 Å². The fraction of sp³-hybridized carbons (Fsp3) is 0.692. The summed E-state index contributed by atoms with van der Waals surface area (Å²) in [5, 5.41) is 5.80. The molecule has 0 amide bonds. The summed E-state index contributed by atoms with van der Waals surface area (Å²) in [5.41, 5.74) is 0. The van der Waals surface area contributed by atoms with Gasteiger partial charge in [0.15, 0.2) is 0 Å². The zero-order valence-electron chi connectivity index (χ0n) is 10.4. The molecule has 1 N–H and O–H groups in total. The lowest BCUT2D eigenvalue weighted by Crippen LogP contribution is -2.46. The van der Waals surface area contributed by atoms with Gasteiger partial charge in [-0.2, -0.15) is 11.8 Å². The first-order valence-corrected chi connectivity index (χ1v) is 8.38. The molecule has 0 radical (unpaired) electrons. The normalized spacial score (nSPS) is 22.5. The van der Waals surface area contributed by atoms with Gasteiger partial charge in [-0.15, -0.1) is 11.3 Å². The van der Waals surface area contributed by atoms with Gasteiger partial charge in [0.1, 0.15) is 0 Å².